The molecule has 0 aromatic heterocycles. The summed E-state index contributed by atoms with van der Waals surface area (Å²) in [5.74, 6) is 0.584. The maximum Gasteiger partial charge on any atom is 0.224 e. The van der Waals surface area contributed by atoms with E-state index in [-0.39, 0.29) is 11.8 Å². The smallest absolute Gasteiger partial charge is 0.224 e. The minimum atomic E-state index is -0.101. The van der Waals surface area contributed by atoms with Crippen molar-refractivity contribution in [3.05, 3.63) is 28.2 Å². The lowest BCUT2D eigenvalue weighted by molar-refractivity contribution is -0.117. The minimum absolute atomic E-state index is 0.101. The van der Waals surface area contributed by atoms with E-state index in [9.17, 15) is 4.79 Å². The van der Waals surface area contributed by atoms with Crippen LogP contribution in [-0.2, 0) is 4.79 Å². The van der Waals surface area contributed by atoms with Gasteiger partial charge in [0, 0.05) is 10.9 Å². The highest BCUT2D eigenvalue weighted by Gasteiger charge is 2.15. The maximum atomic E-state index is 12.1. The first kappa shape index (κ1) is 16.7. The fraction of sp³-hybridized carbons (Fsp3) is 0.467. The second kappa shape index (κ2) is 8.03. The molecule has 1 rings (SSSR count). The number of nitrogens with two attached hydrogens (primary N) is 1. The van der Waals surface area contributed by atoms with Crippen LogP contribution in [0.3, 0.4) is 0 Å². The van der Waals surface area contributed by atoms with Gasteiger partial charge in [-0.2, -0.15) is 5.26 Å². The number of nitriles is 1. The summed E-state index contributed by atoms with van der Waals surface area (Å²) in [6, 6.07) is 7.25. The fourth-order valence-corrected chi connectivity index (χ4v) is 2.47. The van der Waals surface area contributed by atoms with Gasteiger partial charge < -0.3 is 11.1 Å². The number of anilines is 1. The number of carbonyl (C=O) groups excluding carboxylic acids is 1. The first-order valence-corrected chi connectivity index (χ1v) is 7.45. The fourth-order valence-electron chi connectivity index (χ4n) is 2.11. The number of benzene rings is 1. The Bertz CT molecular complexity index is 508. The van der Waals surface area contributed by atoms with E-state index in [0.717, 1.165) is 10.9 Å². The molecule has 5 heteroatoms. The Morgan fingerprint density at radius 2 is 2.20 bits per heavy atom. The highest BCUT2D eigenvalue weighted by atomic mass is 79.9. The monoisotopic (exact) mass is 337 g/mol. The van der Waals surface area contributed by atoms with E-state index in [4.69, 9.17) is 11.0 Å². The van der Waals surface area contributed by atoms with Gasteiger partial charge in [0.05, 0.1) is 11.3 Å². The predicted octanol–water partition coefficient (Wildman–Crippen LogP) is 3.27. The molecule has 1 amide bonds. The molecule has 3 N–H and O–H groups in total. The van der Waals surface area contributed by atoms with Gasteiger partial charge in [-0.05, 0) is 43.0 Å². The zero-order valence-corrected chi connectivity index (χ0v) is 13.4. The zero-order chi connectivity index (χ0) is 15.1. The normalized spacial score (nSPS) is 12.0. The van der Waals surface area contributed by atoms with E-state index in [1.807, 2.05) is 0 Å². The lowest BCUT2D eigenvalue weighted by Crippen LogP contribution is -2.23. The zero-order valence-electron chi connectivity index (χ0n) is 11.8. The molecular weight excluding hydrogens is 318 g/mol. The SMILES string of the molecule is CC(C)C[C@H](CN)CC(=O)Nc1cc(Br)ccc1C#N. The number of amides is 1. The minimum Gasteiger partial charge on any atom is -0.330 e. The molecule has 0 fully saturated rings. The number of carbonyl (C=O) groups is 1. The molecule has 0 spiro atoms. The number of nitrogens with one attached hydrogen (secondary N) is 1. The van der Waals surface area contributed by atoms with Crippen LogP contribution in [0.4, 0.5) is 5.69 Å². The molecule has 0 unspecified atom stereocenters. The molecule has 0 radical (unpaired) electrons. The van der Waals surface area contributed by atoms with Crippen molar-refractivity contribution in [2.24, 2.45) is 17.6 Å². The Hall–Kier alpha value is -1.38. The quantitative estimate of drug-likeness (QED) is 0.835. The van der Waals surface area contributed by atoms with Crippen molar-refractivity contribution in [2.45, 2.75) is 26.7 Å². The van der Waals surface area contributed by atoms with Gasteiger partial charge in [-0.3, -0.25) is 4.79 Å². The van der Waals surface area contributed by atoms with Crippen molar-refractivity contribution >= 4 is 27.5 Å². The number of hydrogen-bond acceptors (Lipinski definition) is 3. The van der Waals surface area contributed by atoms with E-state index in [2.05, 4.69) is 41.2 Å². The summed E-state index contributed by atoms with van der Waals surface area (Å²) in [6.45, 7) is 4.72. The summed E-state index contributed by atoms with van der Waals surface area (Å²) in [6.07, 6.45) is 1.31. The van der Waals surface area contributed by atoms with Gasteiger partial charge in [0.25, 0.3) is 0 Å². The molecule has 0 aliphatic carbocycles. The molecule has 1 atom stereocenters. The van der Waals surface area contributed by atoms with Crippen LogP contribution in [0.25, 0.3) is 0 Å². The van der Waals surface area contributed by atoms with Crippen LogP contribution in [0.2, 0.25) is 0 Å². The third kappa shape index (κ3) is 5.32. The Kier molecular flexibility index (Phi) is 6.69. The molecule has 0 bridgehead atoms. The van der Waals surface area contributed by atoms with E-state index < -0.39 is 0 Å². The van der Waals surface area contributed by atoms with Crippen LogP contribution in [0.1, 0.15) is 32.3 Å². The van der Waals surface area contributed by atoms with Crippen molar-refractivity contribution in [3.8, 4) is 6.07 Å². The molecule has 0 saturated heterocycles. The highest BCUT2D eigenvalue weighted by Crippen LogP contribution is 2.22. The van der Waals surface area contributed by atoms with E-state index >= 15 is 0 Å². The molecule has 0 heterocycles. The van der Waals surface area contributed by atoms with E-state index in [1.165, 1.54) is 0 Å². The van der Waals surface area contributed by atoms with E-state index in [0.29, 0.717) is 30.1 Å². The van der Waals surface area contributed by atoms with Crippen molar-refractivity contribution in [1.29, 1.82) is 5.26 Å². The third-order valence-corrected chi connectivity index (χ3v) is 3.48. The Balaban J connectivity index is 2.71. The van der Waals surface area contributed by atoms with Crippen molar-refractivity contribution in [2.75, 3.05) is 11.9 Å². The molecule has 0 saturated carbocycles. The van der Waals surface area contributed by atoms with Crippen molar-refractivity contribution < 1.29 is 4.79 Å². The molecule has 0 aliphatic heterocycles. The third-order valence-electron chi connectivity index (χ3n) is 2.99. The second-order valence-electron chi connectivity index (χ2n) is 5.29. The average Bonchev–Trinajstić information content (AvgIpc) is 2.37. The summed E-state index contributed by atoms with van der Waals surface area (Å²) >= 11 is 3.33. The van der Waals surface area contributed by atoms with E-state index in [1.54, 1.807) is 18.2 Å². The van der Waals surface area contributed by atoms with Gasteiger partial charge in [0.15, 0.2) is 0 Å². The van der Waals surface area contributed by atoms with Crippen LogP contribution in [0, 0.1) is 23.2 Å². The topological polar surface area (TPSA) is 78.9 Å². The highest BCUT2D eigenvalue weighted by molar-refractivity contribution is 9.10. The van der Waals surface area contributed by atoms with Gasteiger partial charge in [0.1, 0.15) is 6.07 Å². The van der Waals surface area contributed by atoms with Crippen LogP contribution in [0.15, 0.2) is 22.7 Å². The Morgan fingerprint density at radius 3 is 2.75 bits per heavy atom. The predicted molar refractivity (Wildman–Crippen MR) is 84.1 cm³/mol. The summed E-state index contributed by atoms with van der Waals surface area (Å²) < 4.78 is 0.823. The van der Waals surface area contributed by atoms with Gasteiger partial charge in [-0.15, -0.1) is 0 Å². The molecular formula is C15H20BrN3O. The first-order chi connectivity index (χ1) is 9.46. The van der Waals surface area contributed by atoms with Crippen LogP contribution < -0.4 is 11.1 Å². The van der Waals surface area contributed by atoms with Gasteiger partial charge in [0.2, 0.25) is 5.91 Å². The summed E-state index contributed by atoms with van der Waals surface area (Å²) in [5, 5.41) is 11.8. The lowest BCUT2D eigenvalue weighted by atomic mass is 9.94. The van der Waals surface area contributed by atoms with Crippen molar-refractivity contribution in [3.63, 3.8) is 0 Å². The van der Waals surface area contributed by atoms with Gasteiger partial charge in [-0.1, -0.05) is 29.8 Å². The molecule has 108 valence electrons. The maximum absolute atomic E-state index is 12.1. The molecule has 0 aliphatic rings. The number of hydrogen-bond donors (Lipinski definition) is 2. The summed E-state index contributed by atoms with van der Waals surface area (Å²) in [4.78, 5) is 12.1. The van der Waals surface area contributed by atoms with Gasteiger partial charge >= 0.3 is 0 Å². The van der Waals surface area contributed by atoms with Crippen LogP contribution >= 0.6 is 15.9 Å². The van der Waals surface area contributed by atoms with Gasteiger partial charge in [-0.25, -0.2) is 0 Å². The van der Waals surface area contributed by atoms with Crippen molar-refractivity contribution in [1.82, 2.24) is 0 Å². The second-order valence-corrected chi connectivity index (χ2v) is 6.20. The largest absolute Gasteiger partial charge is 0.330 e. The molecule has 4 nitrogen and oxygen atoms in total. The standard InChI is InChI=1S/C15H20BrN3O/c1-10(2)5-11(8-17)6-15(20)19-14-7-13(16)4-3-12(14)9-18/h3-4,7,10-11H,5-6,8,17H2,1-2H3,(H,19,20)/t11-/m0/s1. The Morgan fingerprint density at radius 1 is 1.50 bits per heavy atom. The van der Waals surface area contributed by atoms with Crippen LogP contribution in [-0.4, -0.2) is 12.5 Å². The molecule has 20 heavy (non-hydrogen) atoms. The Labute approximate surface area is 128 Å². The number of halogens is 1. The lowest BCUT2D eigenvalue weighted by Gasteiger charge is -2.17. The molecule has 1 aromatic rings. The average molecular weight is 338 g/mol. The molecule has 1 aromatic carbocycles. The van der Waals surface area contributed by atoms with Crippen LogP contribution in [0.5, 0.6) is 0 Å². The number of nitrogens with zero attached hydrogens (tertiary/aromatic N) is 1. The number of rotatable bonds is 6. The summed E-state index contributed by atoms with van der Waals surface area (Å²) in [5.41, 5.74) is 6.69. The summed E-state index contributed by atoms with van der Waals surface area (Å²) in [7, 11) is 0. The first-order valence-electron chi connectivity index (χ1n) is 6.65.